The summed E-state index contributed by atoms with van der Waals surface area (Å²) in [4.78, 5) is 0. The molecule has 0 heterocycles. The number of allylic oxidation sites excluding steroid dienone is 4. The molecule has 214 valence electrons. The Morgan fingerprint density at radius 2 is 1.10 bits per heavy atom. The van der Waals surface area contributed by atoms with Crippen LogP contribution in [0, 0.1) is 12.0 Å². The van der Waals surface area contributed by atoms with E-state index in [0.29, 0.717) is 28.9 Å². The molecule has 0 saturated carbocycles. The Morgan fingerprint density at radius 3 is 1.41 bits per heavy atom. The van der Waals surface area contributed by atoms with Gasteiger partial charge in [-0.1, -0.05) is 44.9 Å². The second-order valence-corrected chi connectivity index (χ2v) is 8.94. The number of rotatable bonds is 4. The third kappa shape index (κ3) is 10.1. The smallest absolute Gasteiger partial charge is 0.867 e. The first-order valence-corrected chi connectivity index (χ1v) is 12.8. The van der Waals surface area contributed by atoms with Gasteiger partial charge >= 0.3 is 26.2 Å². The van der Waals surface area contributed by atoms with E-state index < -0.39 is 0 Å². The molecule has 0 aliphatic heterocycles. The maximum Gasteiger partial charge on any atom is 4.00 e. The van der Waals surface area contributed by atoms with Gasteiger partial charge in [0.05, 0.1) is 28.4 Å². The quantitative estimate of drug-likeness (QED) is 0.229. The minimum Gasteiger partial charge on any atom is -0.867 e. The predicted octanol–water partition coefficient (Wildman–Crippen LogP) is 6.83. The van der Waals surface area contributed by atoms with E-state index in [-0.39, 0.29) is 37.7 Å². The van der Waals surface area contributed by atoms with E-state index in [1.807, 2.05) is 0 Å². The molecule has 0 spiro atoms. The summed E-state index contributed by atoms with van der Waals surface area (Å²) >= 11 is 0. The molecule has 0 amide bonds. The molecule has 4 aromatic rings. The van der Waals surface area contributed by atoms with Gasteiger partial charge in [0.2, 0.25) is 0 Å². The van der Waals surface area contributed by atoms with Gasteiger partial charge in [0.25, 0.3) is 0 Å². The molecule has 7 heteroatoms. The zero-order valence-electron chi connectivity index (χ0n) is 25.0. The maximum atomic E-state index is 11.2. The Labute approximate surface area is 263 Å². The van der Waals surface area contributed by atoms with Crippen molar-refractivity contribution < 1.29 is 55.4 Å². The van der Waals surface area contributed by atoms with Crippen LogP contribution < -0.4 is 29.2 Å². The summed E-state index contributed by atoms with van der Waals surface area (Å²) in [6.07, 6.45) is 3.36. The molecule has 4 aromatic carbocycles. The summed E-state index contributed by atoms with van der Waals surface area (Å²) in [7, 11) is 5.82. The van der Waals surface area contributed by atoms with Gasteiger partial charge in [-0.15, -0.1) is 36.6 Å². The van der Waals surface area contributed by atoms with Gasteiger partial charge in [-0.3, -0.25) is 6.08 Å². The van der Waals surface area contributed by atoms with Crippen molar-refractivity contribution >= 4 is 10.8 Å². The van der Waals surface area contributed by atoms with Gasteiger partial charge in [-0.25, -0.2) is 5.57 Å². The van der Waals surface area contributed by atoms with Crippen LogP contribution in [0.1, 0.15) is 27.7 Å². The van der Waals surface area contributed by atoms with Gasteiger partial charge in [0, 0.05) is 0 Å². The van der Waals surface area contributed by atoms with Crippen molar-refractivity contribution in [1.82, 2.24) is 0 Å². The van der Waals surface area contributed by atoms with Crippen LogP contribution in [0.3, 0.4) is 0 Å². The first-order valence-electron chi connectivity index (χ1n) is 12.8. The predicted molar refractivity (Wildman–Crippen MR) is 157 cm³/mol. The first-order chi connectivity index (χ1) is 19.2. The number of ether oxygens (including phenoxy) is 4. The molecule has 0 saturated heterocycles. The van der Waals surface area contributed by atoms with Crippen molar-refractivity contribution in [3.63, 3.8) is 0 Å². The van der Waals surface area contributed by atoms with Gasteiger partial charge in [0.1, 0.15) is 23.0 Å². The summed E-state index contributed by atoms with van der Waals surface area (Å²) in [6, 6.07) is 24.5. The van der Waals surface area contributed by atoms with Crippen molar-refractivity contribution in [1.29, 1.82) is 0 Å². The van der Waals surface area contributed by atoms with Crippen molar-refractivity contribution in [2.75, 3.05) is 28.4 Å². The van der Waals surface area contributed by atoms with E-state index in [9.17, 15) is 10.2 Å². The molecule has 6 nitrogen and oxygen atoms in total. The molecular weight excluding hydrogens is 596 g/mol. The fraction of sp³-hybridized carbons (Fsp3) is 0.265. The average Bonchev–Trinajstić information content (AvgIpc) is 3.54. The van der Waals surface area contributed by atoms with Gasteiger partial charge in [-0.2, -0.15) is 28.7 Å². The molecule has 0 fully saturated rings. The molecule has 1 aliphatic rings. The van der Waals surface area contributed by atoms with Crippen LogP contribution in [-0.4, -0.2) is 28.4 Å². The minimum atomic E-state index is -0.211. The van der Waals surface area contributed by atoms with E-state index in [0.717, 1.165) is 0 Å². The Morgan fingerprint density at radius 1 is 0.659 bits per heavy atom. The third-order valence-corrected chi connectivity index (χ3v) is 6.55. The number of para-hydroxylation sites is 2. The van der Waals surface area contributed by atoms with Gasteiger partial charge in [0.15, 0.2) is 0 Å². The van der Waals surface area contributed by atoms with Crippen molar-refractivity contribution in [3.05, 3.63) is 102 Å². The van der Waals surface area contributed by atoms with E-state index in [2.05, 4.69) is 76.2 Å². The number of hydrogen-bond donors (Lipinski definition) is 0. The first kappa shape index (κ1) is 35.5. The molecule has 0 N–H and O–H groups in total. The molecule has 1 aliphatic carbocycles. The number of hydrogen-bond acceptors (Lipinski definition) is 6. The summed E-state index contributed by atoms with van der Waals surface area (Å²) in [5.41, 5.74) is 4.25. The standard InChI is InChI=1S/C9H7.C9H13.2C8H10O3.Zr/c1-2-5-9-7-3-6-8(9)4-1;1-6-5-7(2)9(4)8(6)3;2*1-10-6-4-3-5-7(11-2)8(6)9;/h1-7H;6H,1-4H3;2*3-5,9H,1-2H3;/q2*-1;;;+4/p-2. The van der Waals surface area contributed by atoms with Gasteiger partial charge in [-0.05, 0) is 35.8 Å². The Hall–Kier alpha value is -3.57. The van der Waals surface area contributed by atoms with Crippen molar-refractivity contribution in [2.24, 2.45) is 5.92 Å². The van der Waals surface area contributed by atoms with Crippen LogP contribution in [-0.2, 0) is 26.2 Å². The van der Waals surface area contributed by atoms with E-state index in [4.69, 9.17) is 18.9 Å². The maximum absolute atomic E-state index is 11.2. The number of benzene rings is 3. The summed E-state index contributed by atoms with van der Waals surface area (Å²) in [6.45, 7) is 8.67. The fourth-order valence-corrected chi connectivity index (χ4v) is 3.87. The molecule has 1 unspecified atom stereocenters. The normalized spacial score (nSPS) is 13.2. The molecule has 41 heavy (non-hydrogen) atoms. The molecule has 0 bridgehead atoms. The van der Waals surface area contributed by atoms with Crippen LogP contribution in [0.5, 0.6) is 34.5 Å². The van der Waals surface area contributed by atoms with E-state index in [1.165, 1.54) is 55.9 Å². The Bertz CT molecular complexity index is 1290. The molecule has 0 aromatic heterocycles. The largest absolute Gasteiger partial charge is 4.00 e. The topological polar surface area (TPSA) is 83.0 Å². The number of fused-ring (bicyclic) bond motifs is 1. The van der Waals surface area contributed by atoms with Crippen molar-refractivity contribution in [3.8, 4) is 34.5 Å². The van der Waals surface area contributed by atoms with Crippen LogP contribution in [0.2, 0.25) is 0 Å². The Balaban J connectivity index is 0.000000272. The monoisotopic (exact) mass is 632 g/mol. The van der Waals surface area contributed by atoms with Crippen molar-refractivity contribution in [2.45, 2.75) is 27.7 Å². The summed E-state index contributed by atoms with van der Waals surface area (Å²) < 4.78 is 19.2. The summed E-state index contributed by atoms with van der Waals surface area (Å²) in [5, 5.41) is 25.0. The minimum absolute atomic E-state index is 0. The molecular formula is C34H38O6Zr. The molecule has 5 rings (SSSR count). The van der Waals surface area contributed by atoms with E-state index in [1.54, 1.807) is 36.4 Å². The second-order valence-electron chi connectivity index (χ2n) is 8.94. The molecule has 0 radical (unpaired) electrons. The van der Waals surface area contributed by atoms with Crippen LogP contribution >= 0.6 is 0 Å². The van der Waals surface area contributed by atoms with Gasteiger partial charge < -0.3 is 29.2 Å². The summed E-state index contributed by atoms with van der Waals surface area (Å²) in [5.74, 6) is 1.38. The molecule has 1 atom stereocenters. The Kier molecular flexibility index (Phi) is 15.6. The number of methoxy groups -OCH3 is 4. The van der Waals surface area contributed by atoms with Crippen LogP contribution in [0.4, 0.5) is 0 Å². The zero-order valence-corrected chi connectivity index (χ0v) is 27.5. The second kappa shape index (κ2) is 18.0. The zero-order chi connectivity index (χ0) is 29.7. The third-order valence-electron chi connectivity index (χ3n) is 6.55. The average molecular weight is 634 g/mol. The van der Waals surface area contributed by atoms with Crippen LogP contribution in [0.25, 0.3) is 10.8 Å². The SMILES string of the molecule is CC1=[C-]C(C)C(C)=C1C.COc1cccc(OC)c1[O-].COc1cccc(OC)c1[O-].[Zr+4].c1ccc2[cH-]ccc2c1. The van der Waals surface area contributed by atoms with E-state index >= 15 is 0 Å². The van der Waals surface area contributed by atoms with Crippen LogP contribution in [0.15, 0.2) is 95.6 Å². The fourth-order valence-electron chi connectivity index (χ4n) is 3.87.